The molecule has 0 bridgehead atoms. The maximum Gasteiger partial charge on any atom is 0.165 e. The van der Waals surface area contributed by atoms with E-state index in [9.17, 15) is 0 Å². The molecule has 0 aliphatic heterocycles. The van der Waals surface area contributed by atoms with Crippen LogP contribution in [0.25, 0.3) is 5.65 Å². The summed E-state index contributed by atoms with van der Waals surface area (Å²) in [5, 5.41) is 8.29. The highest BCUT2D eigenvalue weighted by Crippen LogP contribution is 2.19. The molecule has 2 aromatic heterocycles. The molecule has 0 amide bonds. The van der Waals surface area contributed by atoms with Gasteiger partial charge in [0.1, 0.15) is 5.15 Å². The molecule has 3 rings (SSSR count). The average Bonchev–Trinajstić information content (AvgIpc) is 2.95. The van der Waals surface area contributed by atoms with Crippen molar-refractivity contribution in [3.63, 3.8) is 0 Å². The van der Waals surface area contributed by atoms with E-state index in [0.29, 0.717) is 11.2 Å². The third-order valence-corrected chi connectivity index (χ3v) is 2.77. The van der Waals surface area contributed by atoms with Gasteiger partial charge in [0.25, 0.3) is 0 Å². The highest BCUT2D eigenvalue weighted by Gasteiger charge is 2.20. The van der Waals surface area contributed by atoms with Crippen LogP contribution in [0.4, 0.5) is 0 Å². The van der Waals surface area contributed by atoms with Crippen molar-refractivity contribution in [2.75, 3.05) is 0 Å². The normalized spacial score (nSPS) is 16.1. The highest BCUT2D eigenvalue weighted by molar-refractivity contribution is 6.29. The molecule has 4 nitrogen and oxygen atoms in total. The second-order valence-corrected chi connectivity index (χ2v) is 4.19. The molecule has 5 heteroatoms. The number of nitrogens with one attached hydrogen (secondary N) is 1. The summed E-state index contributed by atoms with van der Waals surface area (Å²) in [6.07, 6.45) is 2.54. The molecule has 1 aliphatic rings. The number of pyridine rings is 1. The number of aromatic nitrogens is 3. The third kappa shape index (κ3) is 1.82. The Hall–Kier alpha value is -1.13. The van der Waals surface area contributed by atoms with Crippen LogP contribution < -0.4 is 5.32 Å². The quantitative estimate of drug-likeness (QED) is 0.803. The van der Waals surface area contributed by atoms with Gasteiger partial charge >= 0.3 is 0 Å². The van der Waals surface area contributed by atoms with Crippen LogP contribution in [0.15, 0.2) is 18.2 Å². The summed E-state index contributed by atoms with van der Waals surface area (Å²) in [7, 11) is 0. The topological polar surface area (TPSA) is 42.2 Å². The summed E-state index contributed by atoms with van der Waals surface area (Å²) in [6, 6.07) is 6.26. The number of fused-ring (bicyclic) bond motifs is 1. The standard InChI is InChI=1S/C10H11ClN4/c11-8-2-1-3-10-13-9(14-15(8)10)6-12-7-4-5-7/h1-3,7,12H,4-6H2. The van der Waals surface area contributed by atoms with E-state index >= 15 is 0 Å². The molecule has 2 aromatic rings. The van der Waals surface area contributed by atoms with Crippen LogP contribution >= 0.6 is 11.6 Å². The molecule has 0 unspecified atom stereocenters. The van der Waals surface area contributed by atoms with E-state index < -0.39 is 0 Å². The monoisotopic (exact) mass is 222 g/mol. The largest absolute Gasteiger partial charge is 0.307 e. The third-order valence-electron chi connectivity index (χ3n) is 2.48. The van der Waals surface area contributed by atoms with Gasteiger partial charge in [-0.2, -0.15) is 0 Å². The number of halogens is 1. The van der Waals surface area contributed by atoms with E-state index in [2.05, 4.69) is 15.4 Å². The molecule has 2 heterocycles. The minimum atomic E-state index is 0.595. The lowest BCUT2D eigenvalue weighted by Gasteiger charge is -1.95. The Kier molecular flexibility index (Phi) is 2.11. The maximum atomic E-state index is 5.99. The van der Waals surface area contributed by atoms with Gasteiger partial charge in [-0.25, -0.2) is 9.50 Å². The van der Waals surface area contributed by atoms with Gasteiger partial charge < -0.3 is 5.32 Å². The van der Waals surface area contributed by atoms with Crippen molar-refractivity contribution in [2.45, 2.75) is 25.4 Å². The van der Waals surface area contributed by atoms with Gasteiger partial charge in [-0.05, 0) is 25.0 Å². The second-order valence-electron chi connectivity index (χ2n) is 3.80. The predicted octanol–water partition coefficient (Wildman–Crippen LogP) is 1.63. The first-order chi connectivity index (χ1) is 7.33. The Bertz CT molecular complexity index is 489. The van der Waals surface area contributed by atoms with E-state index in [4.69, 9.17) is 11.6 Å². The Morgan fingerprint density at radius 3 is 3.07 bits per heavy atom. The highest BCUT2D eigenvalue weighted by atomic mass is 35.5. The summed E-state index contributed by atoms with van der Waals surface area (Å²) in [4.78, 5) is 4.38. The van der Waals surface area contributed by atoms with E-state index in [0.717, 1.165) is 18.0 Å². The molecule has 0 radical (unpaired) electrons. The number of hydrogen-bond acceptors (Lipinski definition) is 3. The summed E-state index contributed by atoms with van der Waals surface area (Å²) in [6.45, 7) is 0.725. The SMILES string of the molecule is Clc1cccc2nc(CNC3CC3)nn12. The first-order valence-electron chi connectivity index (χ1n) is 5.06. The summed E-state index contributed by atoms with van der Waals surface area (Å²) in [5.74, 6) is 0.801. The fourth-order valence-electron chi connectivity index (χ4n) is 1.52. The molecule has 0 spiro atoms. The van der Waals surface area contributed by atoms with Crippen LogP contribution in [0, 0.1) is 0 Å². The van der Waals surface area contributed by atoms with Crippen molar-refractivity contribution in [3.05, 3.63) is 29.2 Å². The molecule has 1 N–H and O–H groups in total. The summed E-state index contributed by atoms with van der Waals surface area (Å²) >= 11 is 5.99. The second kappa shape index (κ2) is 3.47. The predicted molar refractivity (Wildman–Crippen MR) is 57.9 cm³/mol. The van der Waals surface area contributed by atoms with E-state index in [-0.39, 0.29) is 0 Å². The molecule has 15 heavy (non-hydrogen) atoms. The van der Waals surface area contributed by atoms with Crippen molar-refractivity contribution in [3.8, 4) is 0 Å². The number of hydrogen-bond donors (Lipinski definition) is 1. The maximum absolute atomic E-state index is 5.99. The van der Waals surface area contributed by atoms with Crippen molar-refractivity contribution < 1.29 is 0 Å². The average molecular weight is 223 g/mol. The first-order valence-corrected chi connectivity index (χ1v) is 5.44. The lowest BCUT2D eigenvalue weighted by molar-refractivity contribution is 0.657. The van der Waals surface area contributed by atoms with Crippen LogP contribution in [0.3, 0.4) is 0 Å². The van der Waals surface area contributed by atoms with Gasteiger partial charge in [0.05, 0.1) is 6.54 Å². The van der Waals surface area contributed by atoms with Crippen molar-refractivity contribution in [2.24, 2.45) is 0 Å². The Labute approximate surface area is 92.3 Å². The molecular formula is C10H11ClN4. The van der Waals surface area contributed by atoms with Gasteiger partial charge in [0.15, 0.2) is 11.5 Å². The molecule has 1 fully saturated rings. The molecule has 1 aliphatic carbocycles. The van der Waals surface area contributed by atoms with Crippen LogP contribution in [0.1, 0.15) is 18.7 Å². The molecule has 0 aromatic carbocycles. The van der Waals surface area contributed by atoms with Crippen molar-refractivity contribution >= 4 is 17.2 Å². The number of rotatable bonds is 3. The summed E-state index contributed by atoms with van der Waals surface area (Å²) < 4.78 is 1.66. The van der Waals surface area contributed by atoms with Crippen LogP contribution in [-0.4, -0.2) is 20.6 Å². The molecular weight excluding hydrogens is 212 g/mol. The van der Waals surface area contributed by atoms with Crippen LogP contribution in [-0.2, 0) is 6.54 Å². The van der Waals surface area contributed by atoms with Crippen molar-refractivity contribution in [1.82, 2.24) is 19.9 Å². The Morgan fingerprint density at radius 1 is 1.47 bits per heavy atom. The van der Waals surface area contributed by atoms with E-state index in [1.165, 1.54) is 12.8 Å². The molecule has 0 saturated heterocycles. The van der Waals surface area contributed by atoms with Gasteiger partial charge in [0.2, 0.25) is 0 Å². The lowest BCUT2D eigenvalue weighted by atomic mass is 10.5. The minimum Gasteiger partial charge on any atom is -0.307 e. The zero-order valence-corrected chi connectivity index (χ0v) is 8.91. The van der Waals surface area contributed by atoms with Gasteiger partial charge in [-0.3, -0.25) is 0 Å². The zero-order chi connectivity index (χ0) is 10.3. The zero-order valence-electron chi connectivity index (χ0n) is 8.15. The van der Waals surface area contributed by atoms with Gasteiger partial charge in [-0.1, -0.05) is 17.7 Å². The molecule has 78 valence electrons. The van der Waals surface area contributed by atoms with Gasteiger partial charge in [0, 0.05) is 6.04 Å². The van der Waals surface area contributed by atoms with E-state index in [1.54, 1.807) is 10.6 Å². The Morgan fingerprint density at radius 2 is 2.33 bits per heavy atom. The van der Waals surface area contributed by atoms with E-state index in [1.807, 2.05) is 12.1 Å². The van der Waals surface area contributed by atoms with Crippen LogP contribution in [0.5, 0.6) is 0 Å². The Balaban J connectivity index is 1.88. The first kappa shape index (κ1) is 9.12. The molecule has 0 atom stereocenters. The van der Waals surface area contributed by atoms with Crippen molar-refractivity contribution in [1.29, 1.82) is 0 Å². The van der Waals surface area contributed by atoms with Crippen LogP contribution in [0.2, 0.25) is 5.15 Å². The fraction of sp³-hybridized carbons (Fsp3) is 0.400. The summed E-state index contributed by atoms with van der Waals surface area (Å²) in [5.41, 5.74) is 0.801. The lowest BCUT2D eigenvalue weighted by Crippen LogP contribution is -2.16. The minimum absolute atomic E-state index is 0.595. The van der Waals surface area contributed by atoms with Gasteiger partial charge in [-0.15, -0.1) is 5.10 Å². The number of nitrogens with zero attached hydrogens (tertiary/aromatic N) is 3. The molecule has 1 saturated carbocycles. The fourth-order valence-corrected chi connectivity index (χ4v) is 1.71. The smallest absolute Gasteiger partial charge is 0.165 e.